The lowest BCUT2D eigenvalue weighted by molar-refractivity contribution is -0.137. The Morgan fingerprint density at radius 2 is 2.03 bits per heavy atom. The number of benzene rings is 1. The first kappa shape index (κ1) is 22.9. The average molecular weight is 462 g/mol. The smallest absolute Gasteiger partial charge is 0.383 e. The number of halogens is 4. The van der Waals surface area contributed by atoms with Crippen LogP contribution in [0.15, 0.2) is 42.6 Å². The third-order valence-corrected chi connectivity index (χ3v) is 5.69. The number of carbonyl (C=O) groups is 1. The van der Waals surface area contributed by atoms with Crippen molar-refractivity contribution in [2.75, 3.05) is 18.9 Å². The van der Waals surface area contributed by atoms with Gasteiger partial charge in [0.1, 0.15) is 12.0 Å². The SMILES string of the molecule is Cc1cc2cc(C(=O)N(Cc3ccc(C(F)(F)F)cn3)[C@H]3CCOC[C@@H]3F)ccc2nc1N. The molecule has 3 aromatic rings. The Labute approximate surface area is 187 Å². The normalized spacial score (nSPS) is 18.9. The number of amides is 1. The van der Waals surface area contributed by atoms with E-state index in [1.807, 2.05) is 6.07 Å². The number of ether oxygens (including phenoxy) is 1. The fraction of sp³-hybridized carbons (Fsp3) is 0.348. The number of alkyl halides is 4. The van der Waals surface area contributed by atoms with Gasteiger partial charge in [-0.05, 0) is 55.3 Å². The van der Waals surface area contributed by atoms with E-state index in [0.717, 1.165) is 11.6 Å². The summed E-state index contributed by atoms with van der Waals surface area (Å²) in [4.78, 5) is 23.0. The summed E-state index contributed by atoms with van der Waals surface area (Å²) < 4.78 is 58.5. The summed E-state index contributed by atoms with van der Waals surface area (Å²) in [5.74, 6) is -0.0679. The predicted molar refractivity (Wildman–Crippen MR) is 114 cm³/mol. The fourth-order valence-electron chi connectivity index (χ4n) is 3.84. The van der Waals surface area contributed by atoms with E-state index in [2.05, 4.69) is 9.97 Å². The topological polar surface area (TPSA) is 81.3 Å². The van der Waals surface area contributed by atoms with Gasteiger partial charge in [-0.2, -0.15) is 13.2 Å². The molecule has 1 saturated heterocycles. The summed E-state index contributed by atoms with van der Waals surface area (Å²) in [5, 5.41) is 0.698. The first-order chi connectivity index (χ1) is 15.6. The van der Waals surface area contributed by atoms with Gasteiger partial charge < -0.3 is 15.4 Å². The number of aryl methyl sites for hydroxylation is 1. The second-order valence-electron chi connectivity index (χ2n) is 8.01. The number of rotatable bonds is 4. The number of carbonyl (C=O) groups excluding carboxylic acids is 1. The van der Waals surface area contributed by atoms with E-state index < -0.39 is 29.9 Å². The Bertz CT molecular complexity index is 1170. The van der Waals surface area contributed by atoms with Crippen LogP contribution in [0, 0.1) is 6.92 Å². The minimum absolute atomic E-state index is 0.140. The molecule has 1 aliphatic heterocycles. The lowest BCUT2D eigenvalue weighted by atomic mass is 10.0. The second kappa shape index (κ2) is 8.93. The number of fused-ring (bicyclic) bond motifs is 1. The van der Waals surface area contributed by atoms with Crippen LogP contribution < -0.4 is 5.73 Å². The van der Waals surface area contributed by atoms with Crippen LogP contribution in [-0.4, -0.2) is 46.2 Å². The summed E-state index contributed by atoms with van der Waals surface area (Å²) in [7, 11) is 0. The van der Waals surface area contributed by atoms with Crippen LogP contribution in [-0.2, 0) is 17.5 Å². The zero-order valence-corrected chi connectivity index (χ0v) is 17.8. The quantitative estimate of drug-likeness (QED) is 0.585. The lowest BCUT2D eigenvalue weighted by Gasteiger charge is -2.36. The van der Waals surface area contributed by atoms with Gasteiger partial charge in [-0.15, -0.1) is 0 Å². The summed E-state index contributed by atoms with van der Waals surface area (Å²) >= 11 is 0. The van der Waals surface area contributed by atoms with E-state index in [0.29, 0.717) is 28.5 Å². The first-order valence-corrected chi connectivity index (χ1v) is 10.4. The van der Waals surface area contributed by atoms with E-state index in [-0.39, 0.29) is 31.9 Å². The van der Waals surface area contributed by atoms with Crippen LogP contribution in [0.4, 0.5) is 23.4 Å². The largest absolute Gasteiger partial charge is 0.417 e. The van der Waals surface area contributed by atoms with Crippen molar-refractivity contribution in [2.24, 2.45) is 0 Å². The Hall–Kier alpha value is -3.27. The van der Waals surface area contributed by atoms with Crippen molar-refractivity contribution in [3.8, 4) is 0 Å². The molecule has 174 valence electrons. The Balaban J connectivity index is 1.67. The molecule has 2 atom stereocenters. The summed E-state index contributed by atoms with van der Waals surface area (Å²) in [6.45, 7) is 1.78. The first-order valence-electron chi connectivity index (χ1n) is 10.4. The molecule has 6 nitrogen and oxygen atoms in total. The highest BCUT2D eigenvalue weighted by Crippen LogP contribution is 2.29. The highest BCUT2D eigenvalue weighted by Gasteiger charge is 2.35. The van der Waals surface area contributed by atoms with Gasteiger partial charge in [0.05, 0.1) is 36.0 Å². The number of aromatic nitrogens is 2. The van der Waals surface area contributed by atoms with Crippen molar-refractivity contribution in [1.82, 2.24) is 14.9 Å². The number of nitrogens with two attached hydrogens (primary N) is 1. The van der Waals surface area contributed by atoms with E-state index >= 15 is 0 Å². The maximum absolute atomic E-state index is 14.7. The van der Waals surface area contributed by atoms with Crippen LogP contribution in [0.2, 0.25) is 0 Å². The Morgan fingerprint density at radius 1 is 1.24 bits per heavy atom. The van der Waals surface area contributed by atoms with Crippen molar-refractivity contribution >= 4 is 22.6 Å². The molecule has 0 aliphatic carbocycles. The molecule has 1 amide bonds. The molecule has 2 aromatic heterocycles. The molecule has 3 heterocycles. The number of hydrogen-bond donors (Lipinski definition) is 1. The van der Waals surface area contributed by atoms with E-state index in [9.17, 15) is 22.4 Å². The van der Waals surface area contributed by atoms with Crippen molar-refractivity contribution in [1.29, 1.82) is 0 Å². The van der Waals surface area contributed by atoms with E-state index in [4.69, 9.17) is 10.5 Å². The molecule has 1 fully saturated rings. The van der Waals surface area contributed by atoms with Crippen LogP contribution in [0.1, 0.15) is 33.6 Å². The van der Waals surface area contributed by atoms with Gasteiger partial charge in [0.2, 0.25) is 0 Å². The van der Waals surface area contributed by atoms with Gasteiger partial charge in [-0.25, -0.2) is 9.37 Å². The van der Waals surface area contributed by atoms with Crippen molar-refractivity contribution in [3.63, 3.8) is 0 Å². The molecule has 10 heteroatoms. The molecule has 0 unspecified atom stereocenters. The number of nitrogen functional groups attached to an aromatic ring is 1. The maximum atomic E-state index is 14.7. The maximum Gasteiger partial charge on any atom is 0.417 e. The van der Waals surface area contributed by atoms with Gasteiger partial charge in [0, 0.05) is 23.8 Å². The summed E-state index contributed by atoms with van der Waals surface area (Å²) in [6.07, 6.45) is -4.98. The molecule has 0 bridgehead atoms. The van der Waals surface area contributed by atoms with E-state index in [1.54, 1.807) is 25.1 Å². The standard InChI is InChI=1S/C23H22F4N4O2/c1-13-8-15-9-14(2-5-19(15)30-21(13)28)22(32)31(20-6-7-33-12-18(20)24)11-17-4-3-16(10-29-17)23(25,26)27/h2-5,8-10,18,20H,6-7,11-12H2,1H3,(H2,28,30)/t18-,20-/m0/s1. The Morgan fingerprint density at radius 3 is 2.70 bits per heavy atom. The van der Waals surface area contributed by atoms with Crippen LogP contribution in [0.5, 0.6) is 0 Å². The highest BCUT2D eigenvalue weighted by molar-refractivity contribution is 5.98. The zero-order valence-electron chi connectivity index (χ0n) is 17.8. The molecule has 0 spiro atoms. The molecule has 0 radical (unpaired) electrons. The third kappa shape index (κ3) is 4.90. The highest BCUT2D eigenvalue weighted by atomic mass is 19.4. The third-order valence-electron chi connectivity index (χ3n) is 5.69. The number of pyridine rings is 2. The van der Waals surface area contributed by atoms with Gasteiger partial charge in [-0.1, -0.05) is 0 Å². The lowest BCUT2D eigenvalue weighted by Crippen LogP contribution is -2.49. The summed E-state index contributed by atoms with van der Waals surface area (Å²) in [6, 6.07) is 8.00. The minimum Gasteiger partial charge on any atom is -0.383 e. The Kier molecular flexibility index (Phi) is 6.20. The predicted octanol–water partition coefficient (Wildman–Crippen LogP) is 4.31. The van der Waals surface area contributed by atoms with Gasteiger partial charge in [0.15, 0.2) is 0 Å². The van der Waals surface area contributed by atoms with Gasteiger partial charge >= 0.3 is 6.18 Å². The van der Waals surface area contributed by atoms with Gasteiger partial charge in [-0.3, -0.25) is 9.78 Å². The van der Waals surface area contributed by atoms with Crippen LogP contribution in [0.25, 0.3) is 10.9 Å². The zero-order chi connectivity index (χ0) is 23.8. The van der Waals surface area contributed by atoms with Crippen molar-refractivity contribution in [2.45, 2.75) is 38.3 Å². The molecular weight excluding hydrogens is 440 g/mol. The number of nitrogens with zero attached hydrogens (tertiary/aromatic N) is 3. The number of anilines is 1. The number of hydrogen-bond acceptors (Lipinski definition) is 5. The van der Waals surface area contributed by atoms with E-state index in [1.165, 1.54) is 11.0 Å². The molecule has 33 heavy (non-hydrogen) atoms. The molecule has 4 rings (SSSR count). The second-order valence-corrected chi connectivity index (χ2v) is 8.01. The van der Waals surface area contributed by atoms with Crippen LogP contribution >= 0.6 is 0 Å². The molecular formula is C23H22F4N4O2. The van der Waals surface area contributed by atoms with Crippen molar-refractivity contribution in [3.05, 3.63) is 65.0 Å². The average Bonchev–Trinajstić information content (AvgIpc) is 2.78. The summed E-state index contributed by atoms with van der Waals surface area (Å²) in [5.41, 5.74) is 6.85. The molecule has 1 aliphatic rings. The minimum atomic E-state index is -4.52. The van der Waals surface area contributed by atoms with Crippen LogP contribution in [0.3, 0.4) is 0 Å². The monoisotopic (exact) mass is 462 g/mol. The molecule has 2 N–H and O–H groups in total. The van der Waals surface area contributed by atoms with Gasteiger partial charge in [0.25, 0.3) is 5.91 Å². The van der Waals surface area contributed by atoms with Crippen molar-refractivity contribution < 1.29 is 27.1 Å². The fourth-order valence-corrected chi connectivity index (χ4v) is 3.84. The molecule has 1 aromatic carbocycles. The molecule has 0 saturated carbocycles.